The maximum Gasteiger partial charge on any atom is 0.270 e. The van der Waals surface area contributed by atoms with Crippen molar-refractivity contribution < 1.29 is 9.72 Å². The summed E-state index contributed by atoms with van der Waals surface area (Å²) < 4.78 is 0. The second-order valence-electron chi connectivity index (χ2n) is 4.00. The molecule has 0 aliphatic heterocycles. The number of anilines is 1. The Kier molecular flexibility index (Phi) is 4.31. The quantitative estimate of drug-likeness (QED) is 0.655. The Morgan fingerprint density at radius 1 is 1.40 bits per heavy atom. The number of nitro groups is 1. The molecule has 1 aromatic heterocycles. The van der Waals surface area contributed by atoms with E-state index in [0.717, 1.165) is 4.88 Å². The van der Waals surface area contributed by atoms with Gasteiger partial charge in [0.1, 0.15) is 0 Å². The third-order valence-electron chi connectivity index (χ3n) is 2.73. The van der Waals surface area contributed by atoms with Gasteiger partial charge >= 0.3 is 0 Å². The smallest absolute Gasteiger partial charge is 0.270 e. The van der Waals surface area contributed by atoms with E-state index in [1.807, 2.05) is 17.5 Å². The average Bonchev–Trinajstić information content (AvgIpc) is 2.97. The molecule has 0 atom stereocenters. The number of carbonyl (C=O) groups excluding carboxylic acids is 1. The zero-order valence-electron chi connectivity index (χ0n) is 10.8. The topological polar surface area (TPSA) is 84.3 Å². The zero-order valence-corrected chi connectivity index (χ0v) is 11.6. The number of carbonyl (C=O) groups is 1. The highest BCUT2D eigenvalue weighted by molar-refractivity contribution is 7.09. The Bertz CT molecular complexity index is 626. The molecule has 1 aromatic carbocycles. The van der Waals surface area contributed by atoms with Crippen molar-refractivity contribution in [2.24, 2.45) is 0 Å². The highest BCUT2D eigenvalue weighted by atomic mass is 32.1. The molecule has 0 fully saturated rings. The van der Waals surface area contributed by atoms with Gasteiger partial charge in [-0.1, -0.05) is 6.07 Å². The number of nitrogens with one attached hydrogen (secondary N) is 2. The van der Waals surface area contributed by atoms with E-state index in [0.29, 0.717) is 12.2 Å². The number of benzene rings is 1. The maximum atomic E-state index is 12.1. The molecule has 0 aliphatic rings. The fraction of sp³-hybridized carbons (Fsp3) is 0.154. The standard InChI is InChI=1S/C13H13N3O3S/c1-14-12-5-4-9(16(18)19)7-11(12)13(17)15-8-10-3-2-6-20-10/h2-7,14H,8H2,1H3,(H,15,17). The van der Waals surface area contributed by atoms with Gasteiger partial charge in [-0.3, -0.25) is 14.9 Å². The van der Waals surface area contributed by atoms with Gasteiger partial charge < -0.3 is 10.6 Å². The van der Waals surface area contributed by atoms with Crippen LogP contribution in [0.4, 0.5) is 11.4 Å². The summed E-state index contributed by atoms with van der Waals surface area (Å²) >= 11 is 1.54. The van der Waals surface area contributed by atoms with E-state index in [1.54, 1.807) is 7.05 Å². The molecule has 0 aliphatic carbocycles. The first-order valence-corrected chi connectivity index (χ1v) is 6.76. The van der Waals surface area contributed by atoms with Crippen molar-refractivity contribution in [2.75, 3.05) is 12.4 Å². The van der Waals surface area contributed by atoms with Gasteiger partial charge in [-0.25, -0.2) is 0 Å². The Balaban J connectivity index is 2.18. The largest absolute Gasteiger partial charge is 0.387 e. The number of amides is 1. The predicted octanol–water partition coefficient (Wildman–Crippen LogP) is 2.63. The summed E-state index contributed by atoms with van der Waals surface area (Å²) in [6, 6.07) is 7.98. The van der Waals surface area contributed by atoms with Gasteiger partial charge in [-0.15, -0.1) is 11.3 Å². The lowest BCUT2D eigenvalue weighted by molar-refractivity contribution is -0.384. The fourth-order valence-electron chi connectivity index (χ4n) is 1.73. The van der Waals surface area contributed by atoms with Crippen molar-refractivity contribution in [3.63, 3.8) is 0 Å². The number of hydrogen-bond donors (Lipinski definition) is 2. The van der Waals surface area contributed by atoms with Gasteiger partial charge in [-0.05, 0) is 17.5 Å². The van der Waals surface area contributed by atoms with E-state index in [-0.39, 0.29) is 17.2 Å². The van der Waals surface area contributed by atoms with Crippen molar-refractivity contribution in [1.82, 2.24) is 5.32 Å². The first kappa shape index (κ1) is 14.0. The summed E-state index contributed by atoms with van der Waals surface area (Å²) in [6.07, 6.45) is 0. The molecule has 2 aromatic rings. The number of hydrogen-bond acceptors (Lipinski definition) is 5. The molecule has 1 heterocycles. The lowest BCUT2D eigenvalue weighted by Crippen LogP contribution is -2.23. The lowest BCUT2D eigenvalue weighted by atomic mass is 10.1. The first-order chi connectivity index (χ1) is 9.61. The van der Waals surface area contributed by atoms with Crippen LogP contribution >= 0.6 is 11.3 Å². The Hall–Kier alpha value is -2.41. The molecule has 6 nitrogen and oxygen atoms in total. The monoisotopic (exact) mass is 291 g/mol. The Morgan fingerprint density at radius 2 is 2.20 bits per heavy atom. The number of rotatable bonds is 5. The molecule has 104 valence electrons. The summed E-state index contributed by atoms with van der Waals surface area (Å²) in [5.74, 6) is -0.341. The van der Waals surface area contributed by atoms with Crippen LogP contribution in [-0.2, 0) is 6.54 Å². The van der Waals surface area contributed by atoms with Crippen LogP contribution < -0.4 is 10.6 Å². The lowest BCUT2D eigenvalue weighted by Gasteiger charge is -2.09. The van der Waals surface area contributed by atoms with E-state index in [4.69, 9.17) is 0 Å². The van der Waals surface area contributed by atoms with Crippen molar-refractivity contribution in [1.29, 1.82) is 0 Å². The van der Waals surface area contributed by atoms with Crippen molar-refractivity contribution >= 4 is 28.6 Å². The molecule has 0 bridgehead atoms. The SMILES string of the molecule is CNc1ccc([N+](=O)[O-])cc1C(=O)NCc1cccs1. The number of nitro benzene ring substituents is 1. The Labute approximate surface area is 119 Å². The molecule has 0 radical (unpaired) electrons. The van der Waals surface area contributed by atoms with Crippen LogP contribution in [0, 0.1) is 10.1 Å². The maximum absolute atomic E-state index is 12.1. The second kappa shape index (κ2) is 6.16. The minimum atomic E-state index is -0.518. The van der Waals surface area contributed by atoms with Crippen LogP contribution in [0.25, 0.3) is 0 Å². The van der Waals surface area contributed by atoms with E-state index in [1.165, 1.54) is 29.5 Å². The third kappa shape index (κ3) is 3.12. The van der Waals surface area contributed by atoms with Gasteiger partial charge in [0.25, 0.3) is 11.6 Å². The molecule has 2 N–H and O–H groups in total. The highest BCUT2D eigenvalue weighted by Gasteiger charge is 2.16. The third-order valence-corrected chi connectivity index (χ3v) is 3.61. The molecule has 7 heteroatoms. The van der Waals surface area contributed by atoms with Gasteiger partial charge in [0, 0.05) is 29.7 Å². The predicted molar refractivity (Wildman–Crippen MR) is 78.1 cm³/mol. The molecular weight excluding hydrogens is 278 g/mol. The molecule has 0 saturated heterocycles. The summed E-state index contributed by atoms with van der Waals surface area (Å²) in [5, 5.41) is 18.3. The summed E-state index contributed by atoms with van der Waals surface area (Å²) in [7, 11) is 1.66. The average molecular weight is 291 g/mol. The summed E-state index contributed by atoms with van der Waals surface area (Å²) in [6.45, 7) is 0.405. The van der Waals surface area contributed by atoms with E-state index in [9.17, 15) is 14.9 Å². The fourth-order valence-corrected chi connectivity index (χ4v) is 2.37. The molecule has 0 unspecified atom stereocenters. The van der Waals surface area contributed by atoms with Crippen molar-refractivity contribution in [2.45, 2.75) is 6.54 Å². The molecule has 0 saturated carbocycles. The second-order valence-corrected chi connectivity index (χ2v) is 5.03. The van der Waals surface area contributed by atoms with Crippen LogP contribution in [0.1, 0.15) is 15.2 Å². The Morgan fingerprint density at radius 3 is 2.80 bits per heavy atom. The van der Waals surface area contributed by atoms with E-state index in [2.05, 4.69) is 10.6 Å². The van der Waals surface area contributed by atoms with Crippen LogP contribution in [-0.4, -0.2) is 17.9 Å². The van der Waals surface area contributed by atoms with Crippen LogP contribution in [0.2, 0.25) is 0 Å². The van der Waals surface area contributed by atoms with Gasteiger partial charge in [0.05, 0.1) is 17.0 Å². The number of non-ortho nitro benzene ring substituents is 1. The van der Waals surface area contributed by atoms with Gasteiger partial charge in [-0.2, -0.15) is 0 Å². The molecule has 0 spiro atoms. The molecular formula is C13H13N3O3S. The number of thiophene rings is 1. The zero-order chi connectivity index (χ0) is 14.5. The van der Waals surface area contributed by atoms with Crippen LogP contribution in [0.5, 0.6) is 0 Å². The minimum absolute atomic E-state index is 0.106. The minimum Gasteiger partial charge on any atom is -0.387 e. The number of nitrogens with zero attached hydrogens (tertiary/aromatic N) is 1. The molecule has 2 rings (SSSR count). The molecule has 1 amide bonds. The first-order valence-electron chi connectivity index (χ1n) is 5.88. The van der Waals surface area contributed by atoms with Gasteiger partial charge in [0.2, 0.25) is 0 Å². The van der Waals surface area contributed by atoms with E-state index < -0.39 is 4.92 Å². The molecule has 20 heavy (non-hydrogen) atoms. The summed E-state index contributed by atoms with van der Waals surface area (Å²) in [4.78, 5) is 23.4. The van der Waals surface area contributed by atoms with Crippen molar-refractivity contribution in [3.05, 3.63) is 56.3 Å². The van der Waals surface area contributed by atoms with E-state index >= 15 is 0 Å². The van der Waals surface area contributed by atoms with Crippen LogP contribution in [0.3, 0.4) is 0 Å². The highest BCUT2D eigenvalue weighted by Crippen LogP contribution is 2.22. The van der Waals surface area contributed by atoms with Gasteiger partial charge in [0.15, 0.2) is 0 Å². The van der Waals surface area contributed by atoms with Crippen LogP contribution in [0.15, 0.2) is 35.7 Å². The summed E-state index contributed by atoms with van der Waals surface area (Å²) in [5.41, 5.74) is 0.711. The van der Waals surface area contributed by atoms with Crippen molar-refractivity contribution in [3.8, 4) is 0 Å². The normalized spacial score (nSPS) is 10.1.